The van der Waals surface area contributed by atoms with E-state index in [2.05, 4.69) is 32.0 Å². The molecule has 0 heterocycles. The quantitative estimate of drug-likeness (QED) is 0.691. The fourth-order valence-corrected chi connectivity index (χ4v) is 4.01. The van der Waals surface area contributed by atoms with Crippen LogP contribution in [-0.4, -0.2) is 0 Å². The monoisotopic (exact) mass is 201 g/mol. The number of nitrogens with two attached hydrogens (primary N) is 1. The first-order valence-corrected chi connectivity index (χ1v) is 6.08. The van der Waals surface area contributed by atoms with Crippen molar-refractivity contribution in [1.82, 2.24) is 0 Å². The van der Waals surface area contributed by atoms with Crippen LogP contribution in [0.5, 0.6) is 0 Å². The van der Waals surface area contributed by atoms with Crippen LogP contribution in [0.4, 0.5) is 5.69 Å². The maximum absolute atomic E-state index is 6.12. The maximum Gasteiger partial charge on any atom is 0.0352 e. The summed E-state index contributed by atoms with van der Waals surface area (Å²) in [5.74, 6) is 3.19. The third-order valence-corrected chi connectivity index (χ3v) is 4.43. The molecule has 80 valence electrons. The van der Waals surface area contributed by atoms with Crippen molar-refractivity contribution in [2.45, 2.75) is 38.5 Å². The first kappa shape index (κ1) is 9.26. The van der Waals surface area contributed by atoms with Gasteiger partial charge in [0.25, 0.3) is 0 Å². The standard InChI is InChI=1S/C14H19N/c1-8(2)13-10-6-7-11(13)14-9(10)4-3-5-12(14)15/h3-5,8,10-11,13H,6-7,15H2,1-2H3/t10-,11-,13-/m0/s1. The molecule has 3 rings (SSSR count). The molecule has 0 spiro atoms. The Labute approximate surface area is 91.7 Å². The average molecular weight is 201 g/mol. The van der Waals surface area contributed by atoms with Gasteiger partial charge in [-0.2, -0.15) is 0 Å². The Morgan fingerprint density at radius 1 is 1.20 bits per heavy atom. The minimum Gasteiger partial charge on any atom is -0.398 e. The van der Waals surface area contributed by atoms with Crippen molar-refractivity contribution in [2.24, 2.45) is 11.8 Å². The smallest absolute Gasteiger partial charge is 0.0352 e. The molecule has 2 aliphatic rings. The second-order valence-electron chi connectivity index (χ2n) is 5.46. The molecule has 0 unspecified atom stereocenters. The largest absolute Gasteiger partial charge is 0.398 e. The van der Waals surface area contributed by atoms with E-state index in [1.807, 2.05) is 0 Å². The van der Waals surface area contributed by atoms with Gasteiger partial charge in [-0.15, -0.1) is 0 Å². The number of hydrogen-bond donors (Lipinski definition) is 1. The minimum atomic E-state index is 0.756. The minimum absolute atomic E-state index is 0.756. The van der Waals surface area contributed by atoms with E-state index in [0.717, 1.165) is 29.4 Å². The lowest BCUT2D eigenvalue weighted by Gasteiger charge is -2.20. The molecular formula is C14H19N. The van der Waals surface area contributed by atoms with E-state index in [1.165, 1.54) is 18.4 Å². The summed E-state index contributed by atoms with van der Waals surface area (Å²) < 4.78 is 0. The predicted octanol–water partition coefficient (Wildman–Crippen LogP) is 3.52. The van der Waals surface area contributed by atoms with Crippen LogP contribution in [0.3, 0.4) is 0 Å². The Kier molecular flexibility index (Phi) is 1.86. The van der Waals surface area contributed by atoms with Crippen LogP contribution >= 0.6 is 0 Å². The predicted molar refractivity (Wildman–Crippen MR) is 63.9 cm³/mol. The maximum atomic E-state index is 6.12. The van der Waals surface area contributed by atoms with Crippen molar-refractivity contribution in [3.05, 3.63) is 29.3 Å². The van der Waals surface area contributed by atoms with E-state index < -0.39 is 0 Å². The highest BCUT2D eigenvalue weighted by Gasteiger charge is 2.47. The highest BCUT2D eigenvalue weighted by Crippen LogP contribution is 2.60. The summed E-state index contributed by atoms with van der Waals surface area (Å²) in [5, 5.41) is 0. The third kappa shape index (κ3) is 1.09. The van der Waals surface area contributed by atoms with E-state index in [4.69, 9.17) is 5.73 Å². The van der Waals surface area contributed by atoms with Crippen molar-refractivity contribution < 1.29 is 0 Å². The highest BCUT2D eigenvalue weighted by atomic mass is 14.6. The molecule has 2 aliphatic carbocycles. The molecule has 0 aliphatic heterocycles. The number of anilines is 1. The van der Waals surface area contributed by atoms with Crippen molar-refractivity contribution in [3.63, 3.8) is 0 Å². The second kappa shape index (κ2) is 3.01. The van der Waals surface area contributed by atoms with Crippen molar-refractivity contribution >= 4 is 5.69 Å². The molecule has 1 aromatic rings. The Morgan fingerprint density at radius 3 is 2.60 bits per heavy atom. The molecular weight excluding hydrogens is 182 g/mol. The van der Waals surface area contributed by atoms with Gasteiger partial charge in [0.05, 0.1) is 0 Å². The molecule has 2 N–H and O–H groups in total. The summed E-state index contributed by atoms with van der Waals surface area (Å²) >= 11 is 0. The zero-order valence-corrected chi connectivity index (χ0v) is 9.53. The first-order chi connectivity index (χ1) is 7.20. The van der Waals surface area contributed by atoms with Gasteiger partial charge >= 0.3 is 0 Å². The zero-order chi connectivity index (χ0) is 10.6. The topological polar surface area (TPSA) is 26.0 Å². The third-order valence-electron chi connectivity index (χ3n) is 4.43. The fourth-order valence-electron chi connectivity index (χ4n) is 4.01. The molecule has 0 saturated heterocycles. The normalized spacial score (nSPS) is 32.3. The SMILES string of the molecule is CC(C)[C@@H]1[C@@H]2CC[C@H]1c1cccc(N)c12. The molecule has 1 fully saturated rings. The van der Waals surface area contributed by atoms with E-state index in [9.17, 15) is 0 Å². The van der Waals surface area contributed by atoms with Gasteiger partial charge in [-0.25, -0.2) is 0 Å². The Hall–Kier alpha value is -0.980. The van der Waals surface area contributed by atoms with Gasteiger partial charge in [0.15, 0.2) is 0 Å². The molecule has 0 radical (unpaired) electrons. The molecule has 3 atom stereocenters. The lowest BCUT2D eigenvalue weighted by Crippen LogP contribution is -2.11. The van der Waals surface area contributed by atoms with Gasteiger partial charge in [0, 0.05) is 5.69 Å². The molecule has 0 amide bonds. The van der Waals surface area contributed by atoms with Crippen LogP contribution in [0.2, 0.25) is 0 Å². The number of hydrogen-bond acceptors (Lipinski definition) is 1. The van der Waals surface area contributed by atoms with Gasteiger partial charge in [-0.1, -0.05) is 26.0 Å². The summed E-state index contributed by atoms with van der Waals surface area (Å²) in [6.45, 7) is 4.72. The van der Waals surface area contributed by atoms with Crippen LogP contribution in [0, 0.1) is 11.8 Å². The van der Waals surface area contributed by atoms with Crippen LogP contribution in [-0.2, 0) is 0 Å². The number of rotatable bonds is 1. The Balaban J connectivity index is 2.13. The lowest BCUT2D eigenvalue weighted by atomic mass is 9.85. The van der Waals surface area contributed by atoms with Crippen molar-refractivity contribution in [1.29, 1.82) is 0 Å². The number of benzene rings is 1. The fraction of sp³-hybridized carbons (Fsp3) is 0.571. The van der Waals surface area contributed by atoms with Crippen LogP contribution < -0.4 is 5.73 Å². The molecule has 1 nitrogen and oxygen atoms in total. The van der Waals surface area contributed by atoms with Crippen molar-refractivity contribution in [2.75, 3.05) is 5.73 Å². The number of fused-ring (bicyclic) bond motifs is 5. The molecule has 2 bridgehead atoms. The van der Waals surface area contributed by atoms with Gasteiger partial charge in [0.2, 0.25) is 0 Å². The first-order valence-electron chi connectivity index (χ1n) is 6.08. The Bertz CT molecular complexity index is 394. The van der Waals surface area contributed by atoms with E-state index in [1.54, 1.807) is 5.56 Å². The Morgan fingerprint density at radius 2 is 1.93 bits per heavy atom. The van der Waals surface area contributed by atoms with Gasteiger partial charge < -0.3 is 5.73 Å². The van der Waals surface area contributed by atoms with Crippen LogP contribution in [0.25, 0.3) is 0 Å². The summed E-state index contributed by atoms with van der Waals surface area (Å²) in [6, 6.07) is 6.48. The summed E-state index contributed by atoms with van der Waals surface area (Å²) in [7, 11) is 0. The van der Waals surface area contributed by atoms with E-state index in [0.29, 0.717) is 0 Å². The van der Waals surface area contributed by atoms with Crippen LogP contribution in [0.15, 0.2) is 18.2 Å². The molecule has 1 heteroatoms. The molecule has 1 aromatic carbocycles. The second-order valence-corrected chi connectivity index (χ2v) is 5.46. The average Bonchev–Trinajstić information content (AvgIpc) is 2.73. The highest BCUT2D eigenvalue weighted by molar-refractivity contribution is 5.58. The van der Waals surface area contributed by atoms with E-state index in [-0.39, 0.29) is 0 Å². The van der Waals surface area contributed by atoms with Gasteiger partial charge in [-0.3, -0.25) is 0 Å². The van der Waals surface area contributed by atoms with Gasteiger partial charge in [0.1, 0.15) is 0 Å². The van der Waals surface area contributed by atoms with Crippen molar-refractivity contribution in [3.8, 4) is 0 Å². The summed E-state index contributed by atoms with van der Waals surface area (Å²) in [4.78, 5) is 0. The van der Waals surface area contributed by atoms with Crippen LogP contribution in [0.1, 0.15) is 49.7 Å². The number of nitrogen functional groups attached to an aromatic ring is 1. The summed E-state index contributed by atoms with van der Waals surface area (Å²) in [6.07, 6.45) is 2.73. The van der Waals surface area contributed by atoms with Gasteiger partial charge in [-0.05, 0) is 53.7 Å². The summed E-state index contributed by atoms with van der Waals surface area (Å²) in [5.41, 5.74) is 10.2. The lowest BCUT2D eigenvalue weighted by molar-refractivity contribution is 0.352. The zero-order valence-electron chi connectivity index (χ0n) is 9.53. The van der Waals surface area contributed by atoms with E-state index >= 15 is 0 Å². The molecule has 0 aromatic heterocycles. The molecule has 15 heavy (non-hydrogen) atoms. The molecule has 1 saturated carbocycles.